The van der Waals surface area contributed by atoms with Gasteiger partial charge < -0.3 is 15.5 Å². The molecule has 40 heavy (non-hydrogen) atoms. The molecule has 0 fully saturated rings. The van der Waals surface area contributed by atoms with E-state index in [-0.39, 0.29) is 34.8 Å². The number of nitrogens with one attached hydrogen (secondary N) is 3. The molecule has 2 aromatic heterocycles. The lowest BCUT2D eigenvalue weighted by molar-refractivity contribution is 0.0929. The number of amides is 2. The molecule has 2 aromatic carbocycles. The predicted octanol–water partition coefficient (Wildman–Crippen LogP) is 3.33. The smallest absolute Gasteiger partial charge is 0.270 e. The Kier molecular flexibility index (Phi) is 6.39. The first kappa shape index (κ1) is 25.4. The Bertz CT molecular complexity index is 1750. The van der Waals surface area contributed by atoms with E-state index in [0.29, 0.717) is 23.7 Å². The molecule has 3 heterocycles. The van der Waals surface area contributed by atoms with Crippen molar-refractivity contribution >= 4 is 35.0 Å². The number of fused-ring (bicyclic) bond motifs is 2. The Labute approximate surface area is 232 Å². The summed E-state index contributed by atoms with van der Waals surface area (Å²) in [5.74, 6) is -0.523. The van der Waals surface area contributed by atoms with Crippen LogP contribution in [-0.2, 0) is 17.8 Å². The molecule has 0 unspecified atom stereocenters. The fourth-order valence-corrected chi connectivity index (χ4v) is 5.13. The minimum absolute atomic E-state index is 0.0141. The molecular weight excluding hydrogens is 539 g/mol. The van der Waals surface area contributed by atoms with Crippen molar-refractivity contribution < 1.29 is 18.8 Å². The van der Waals surface area contributed by atoms with Crippen molar-refractivity contribution in [1.29, 1.82) is 0 Å². The van der Waals surface area contributed by atoms with Gasteiger partial charge in [-0.25, -0.2) is 14.9 Å². The molecule has 1 atom stereocenters. The molecule has 1 aliphatic heterocycles. The molecule has 2 aliphatic rings. The number of hydrogen-bond acceptors (Lipinski definition) is 8. The lowest BCUT2D eigenvalue weighted by Gasteiger charge is -2.16. The van der Waals surface area contributed by atoms with Crippen LogP contribution in [0.25, 0.3) is 5.78 Å². The third kappa shape index (κ3) is 4.62. The molecule has 0 radical (unpaired) electrons. The van der Waals surface area contributed by atoms with Crippen LogP contribution in [0.15, 0.2) is 60.2 Å². The van der Waals surface area contributed by atoms with Gasteiger partial charge in [0.25, 0.3) is 17.6 Å². The highest BCUT2D eigenvalue weighted by atomic mass is 35.5. The maximum atomic E-state index is 13.5. The molecule has 6 rings (SSSR count). The van der Waals surface area contributed by atoms with Gasteiger partial charge in [-0.3, -0.25) is 9.59 Å². The normalized spacial score (nSPS) is 15.8. The summed E-state index contributed by atoms with van der Waals surface area (Å²) in [5, 5.41) is 9.84. The maximum absolute atomic E-state index is 13.5. The van der Waals surface area contributed by atoms with Crippen LogP contribution >= 0.6 is 11.6 Å². The molecule has 1 aliphatic carbocycles. The van der Waals surface area contributed by atoms with Gasteiger partial charge in [0.05, 0.1) is 11.1 Å². The molecule has 2 amide bonds. The molecule has 3 N–H and O–H groups in total. The molecule has 0 saturated carbocycles. The van der Waals surface area contributed by atoms with Crippen LogP contribution in [0.4, 0.5) is 4.39 Å². The number of hydroxylamine groups is 1. The summed E-state index contributed by atoms with van der Waals surface area (Å²) in [5.41, 5.74) is 7.56. The second kappa shape index (κ2) is 10.0. The van der Waals surface area contributed by atoms with Crippen molar-refractivity contribution in [3.05, 3.63) is 105 Å². The van der Waals surface area contributed by atoms with Crippen LogP contribution in [0.5, 0.6) is 0 Å². The highest BCUT2D eigenvalue weighted by Gasteiger charge is 2.29. The summed E-state index contributed by atoms with van der Waals surface area (Å²) in [6, 6.07) is 9.20. The van der Waals surface area contributed by atoms with Gasteiger partial charge in [-0.05, 0) is 60.7 Å². The number of aromatic nitrogens is 4. The van der Waals surface area contributed by atoms with Gasteiger partial charge in [-0.2, -0.15) is 19.6 Å². The molecule has 4 aromatic rings. The average molecular weight is 561 g/mol. The molecule has 202 valence electrons. The highest BCUT2D eigenvalue weighted by Crippen LogP contribution is 2.35. The summed E-state index contributed by atoms with van der Waals surface area (Å²) in [7, 11) is 0. The summed E-state index contributed by atoms with van der Waals surface area (Å²) in [6.45, 7) is 5.79. The first-order valence-corrected chi connectivity index (χ1v) is 12.7. The molecule has 11 nitrogen and oxygen atoms in total. The third-order valence-corrected chi connectivity index (χ3v) is 7.20. The zero-order valence-corrected chi connectivity index (χ0v) is 21.9. The van der Waals surface area contributed by atoms with Crippen molar-refractivity contribution in [2.24, 2.45) is 4.99 Å². The van der Waals surface area contributed by atoms with Crippen LogP contribution in [0.2, 0.25) is 5.02 Å². The van der Waals surface area contributed by atoms with Crippen molar-refractivity contribution in [3.8, 4) is 0 Å². The monoisotopic (exact) mass is 560 g/mol. The topological polar surface area (TPSA) is 135 Å². The second-order valence-corrected chi connectivity index (χ2v) is 9.77. The Morgan fingerprint density at radius 3 is 2.88 bits per heavy atom. The molecule has 13 heteroatoms. The predicted molar refractivity (Wildman–Crippen MR) is 143 cm³/mol. The van der Waals surface area contributed by atoms with E-state index in [1.807, 2.05) is 19.1 Å². The fourth-order valence-electron chi connectivity index (χ4n) is 4.92. The number of aliphatic imine (C=N–C) groups is 1. The van der Waals surface area contributed by atoms with Gasteiger partial charge in [-0.1, -0.05) is 29.8 Å². The quantitative estimate of drug-likeness (QED) is 0.329. The van der Waals surface area contributed by atoms with E-state index in [9.17, 15) is 14.0 Å². The van der Waals surface area contributed by atoms with E-state index in [1.165, 1.54) is 35.1 Å². The van der Waals surface area contributed by atoms with Crippen molar-refractivity contribution in [2.45, 2.75) is 32.4 Å². The van der Waals surface area contributed by atoms with Crippen LogP contribution in [0.1, 0.15) is 61.3 Å². The fraction of sp³-hybridized carbons (Fsp3) is 0.185. The molecule has 0 saturated heterocycles. The largest absolute Gasteiger partial charge is 0.361 e. The average Bonchev–Trinajstić information content (AvgIpc) is 3.69. The first-order chi connectivity index (χ1) is 19.3. The second-order valence-electron chi connectivity index (χ2n) is 9.36. The van der Waals surface area contributed by atoms with E-state index in [0.717, 1.165) is 28.7 Å². The third-order valence-electron chi connectivity index (χ3n) is 6.91. The van der Waals surface area contributed by atoms with Crippen molar-refractivity contribution in [2.75, 3.05) is 0 Å². The summed E-state index contributed by atoms with van der Waals surface area (Å²) in [4.78, 5) is 44.1. The lowest BCUT2D eigenvalue weighted by Crippen LogP contribution is -2.31. The zero-order valence-electron chi connectivity index (χ0n) is 21.2. The highest BCUT2D eigenvalue weighted by molar-refractivity contribution is 6.30. The van der Waals surface area contributed by atoms with Crippen molar-refractivity contribution in [1.82, 2.24) is 35.7 Å². The number of carbonyl (C=O) groups is 2. The Balaban J connectivity index is 1.22. The molecular formula is C27H22ClFN8O3. The van der Waals surface area contributed by atoms with E-state index in [4.69, 9.17) is 16.4 Å². The number of carbonyl (C=O) groups excluding carboxylic acids is 2. The first-order valence-electron chi connectivity index (χ1n) is 12.4. The van der Waals surface area contributed by atoms with Gasteiger partial charge in [0.2, 0.25) is 5.88 Å². The maximum Gasteiger partial charge on any atom is 0.270 e. The Hall–Kier alpha value is -4.84. The van der Waals surface area contributed by atoms with E-state index in [1.54, 1.807) is 0 Å². The molecule has 0 spiro atoms. The van der Waals surface area contributed by atoms with Crippen LogP contribution in [0, 0.1) is 12.7 Å². The van der Waals surface area contributed by atoms with Crippen LogP contribution < -0.4 is 16.1 Å². The van der Waals surface area contributed by atoms with Gasteiger partial charge in [-0.15, -0.1) is 0 Å². The van der Waals surface area contributed by atoms with Gasteiger partial charge in [0.1, 0.15) is 23.5 Å². The lowest BCUT2D eigenvalue weighted by atomic mass is 9.97. The van der Waals surface area contributed by atoms with Gasteiger partial charge >= 0.3 is 0 Å². The summed E-state index contributed by atoms with van der Waals surface area (Å²) < 4.78 is 14.7. The number of hydrogen-bond donors (Lipinski definition) is 3. The number of rotatable bonds is 6. The molecule has 0 bridgehead atoms. The summed E-state index contributed by atoms with van der Waals surface area (Å²) in [6.07, 6.45) is 2.73. The van der Waals surface area contributed by atoms with Crippen molar-refractivity contribution in [3.63, 3.8) is 0 Å². The number of benzene rings is 2. The summed E-state index contributed by atoms with van der Waals surface area (Å²) >= 11 is 5.83. The van der Waals surface area contributed by atoms with Crippen LogP contribution in [0.3, 0.4) is 0 Å². The number of nitrogens with zero attached hydrogens (tertiary/aromatic N) is 5. The Morgan fingerprint density at radius 1 is 1.25 bits per heavy atom. The minimum Gasteiger partial charge on any atom is -0.361 e. The number of amidine groups is 1. The number of halogens is 2. The Morgan fingerprint density at radius 2 is 2.10 bits per heavy atom. The van der Waals surface area contributed by atoms with Crippen LogP contribution in [-0.4, -0.2) is 37.2 Å². The van der Waals surface area contributed by atoms with Gasteiger partial charge in [0.15, 0.2) is 5.84 Å². The minimum atomic E-state index is -0.548. The van der Waals surface area contributed by atoms with Gasteiger partial charge in [0, 0.05) is 18.2 Å². The van der Waals surface area contributed by atoms with E-state index in [2.05, 4.69) is 42.8 Å². The zero-order chi connectivity index (χ0) is 28.0. The van der Waals surface area contributed by atoms with E-state index < -0.39 is 17.6 Å². The SMILES string of the molecule is C=C1N=C(c2ccc3c(c2C)CC[C@@H]3NC(=O)c2cc(C(=O)NCc3ccc(F)c(Cl)c3)nc3ncnn23)NO1. The van der Waals surface area contributed by atoms with E-state index >= 15 is 0 Å². The standard InChI is InChI=1S/C27H22ClFN8O3/c1-13-16-6-8-21(18(16)5-4-17(13)24-33-14(2)40-36-24)34-26(39)23-10-22(35-27-31-12-32-37(23)27)25(38)30-11-15-3-7-20(29)19(28)9-15/h3-5,7,9-10,12,21H,2,6,8,11H2,1H3,(H,30,38)(H,33,36)(H,34,39)/t21-/m0/s1.